The van der Waals surface area contributed by atoms with Crippen molar-refractivity contribution < 1.29 is 12.8 Å². The van der Waals surface area contributed by atoms with Gasteiger partial charge in [0.15, 0.2) is 0 Å². The third-order valence-corrected chi connectivity index (χ3v) is 3.96. The topological polar surface area (TPSA) is 72.2 Å². The van der Waals surface area contributed by atoms with Crippen molar-refractivity contribution in [2.24, 2.45) is 0 Å². The van der Waals surface area contributed by atoms with Gasteiger partial charge in [-0.3, -0.25) is 4.72 Å². The lowest BCUT2D eigenvalue weighted by molar-refractivity contribution is 0.599. The van der Waals surface area contributed by atoms with Gasteiger partial charge < -0.3 is 5.73 Å². The van der Waals surface area contributed by atoms with Gasteiger partial charge in [0.1, 0.15) is 5.82 Å². The molecule has 2 aromatic rings. The maximum Gasteiger partial charge on any atom is 0.261 e. The summed E-state index contributed by atoms with van der Waals surface area (Å²) in [5.74, 6) is -0.492. The van der Waals surface area contributed by atoms with Crippen LogP contribution in [-0.2, 0) is 10.0 Å². The Hall–Kier alpha value is -2.08. The molecule has 0 amide bonds. The first-order chi connectivity index (χ1) is 8.88. The summed E-state index contributed by atoms with van der Waals surface area (Å²) in [6, 6.07) is 9.58. The van der Waals surface area contributed by atoms with Crippen molar-refractivity contribution in [3.8, 4) is 0 Å². The van der Waals surface area contributed by atoms with E-state index >= 15 is 0 Å². The number of halogens is 1. The fraction of sp³-hybridized carbons (Fsp3) is 0.0769. The lowest BCUT2D eigenvalue weighted by Gasteiger charge is -2.10. The second kappa shape index (κ2) is 4.89. The maximum atomic E-state index is 12.8. The van der Waals surface area contributed by atoms with Crippen molar-refractivity contribution in [1.29, 1.82) is 0 Å². The summed E-state index contributed by atoms with van der Waals surface area (Å²) >= 11 is 0. The first-order valence-electron chi connectivity index (χ1n) is 5.53. The summed E-state index contributed by atoms with van der Waals surface area (Å²) in [5.41, 5.74) is 7.32. The second-order valence-electron chi connectivity index (χ2n) is 4.15. The lowest BCUT2D eigenvalue weighted by atomic mass is 10.2. The molecule has 0 atom stereocenters. The SMILES string of the molecule is Cc1ccc(NS(=O)(=O)c2ccc(F)cc2)c(N)c1. The van der Waals surface area contributed by atoms with Gasteiger partial charge in [-0.15, -0.1) is 0 Å². The highest BCUT2D eigenvalue weighted by Gasteiger charge is 2.15. The van der Waals surface area contributed by atoms with Gasteiger partial charge in [-0.2, -0.15) is 0 Å². The van der Waals surface area contributed by atoms with Crippen LogP contribution in [0.2, 0.25) is 0 Å². The zero-order chi connectivity index (χ0) is 14.0. The summed E-state index contributed by atoms with van der Waals surface area (Å²) < 4.78 is 39.3. The number of hydrogen-bond donors (Lipinski definition) is 2. The molecule has 2 rings (SSSR count). The Labute approximate surface area is 111 Å². The van der Waals surface area contributed by atoms with E-state index in [0.717, 1.165) is 17.7 Å². The molecular formula is C13H13FN2O2S. The predicted molar refractivity (Wildman–Crippen MR) is 72.8 cm³/mol. The zero-order valence-corrected chi connectivity index (χ0v) is 11.0. The molecule has 100 valence electrons. The molecule has 0 saturated carbocycles. The van der Waals surface area contributed by atoms with E-state index in [2.05, 4.69) is 4.72 Å². The molecular weight excluding hydrogens is 267 g/mol. The molecule has 0 aliphatic heterocycles. The van der Waals surface area contributed by atoms with Crippen LogP contribution in [0.5, 0.6) is 0 Å². The van der Waals surface area contributed by atoms with Crippen LogP contribution in [0.15, 0.2) is 47.4 Å². The Morgan fingerprint density at radius 3 is 2.32 bits per heavy atom. The number of nitrogens with two attached hydrogens (primary N) is 1. The summed E-state index contributed by atoms with van der Waals surface area (Å²) in [6.07, 6.45) is 0. The maximum absolute atomic E-state index is 12.8. The third kappa shape index (κ3) is 3.03. The van der Waals surface area contributed by atoms with Gasteiger partial charge in [0.25, 0.3) is 10.0 Å². The van der Waals surface area contributed by atoms with Crippen LogP contribution in [0.3, 0.4) is 0 Å². The Morgan fingerprint density at radius 1 is 1.11 bits per heavy atom. The average Bonchev–Trinajstić information content (AvgIpc) is 2.33. The highest BCUT2D eigenvalue weighted by atomic mass is 32.2. The van der Waals surface area contributed by atoms with E-state index in [0.29, 0.717) is 11.4 Å². The zero-order valence-electron chi connectivity index (χ0n) is 10.2. The van der Waals surface area contributed by atoms with Crippen LogP contribution in [-0.4, -0.2) is 8.42 Å². The number of benzene rings is 2. The first-order valence-corrected chi connectivity index (χ1v) is 7.01. The molecule has 4 nitrogen and oxygen atoms in total. The number of hydrogen-bond acceptors (Lipinski definition) is 3. The van der Waals surface area contributed by atoms with E-state index in [1.165, 1.54) is 12.1 Å². The van der Waals surface area contributed by atoms with Crippen LogP contribution in [0, 0.1) is 12.7 Å². The number of aryl methyl sites for hydroxylation is 1. The summed E-state index contributed by atoms with van der Waals surface area (Å²) in [7, 11) is -3.76. The monoisotopic (exact) mass is 280 g/mol. The molecule has 0 bridgehead atoms. The molecule has 2 aromatic carbocycles. The van der Waals surface area contributed by atoms with Gasteiger partial charge in [-0.1, -0.05) is 6.07 Å². The fourth-order valence-corrected chi connectivity index (χ4v) is 2.68. The minimum atomic E-state index is -3.76. The molecule has 0 spiro atoms. The lowest BCUT2D eigenvalue weighted by Crippen LogP contribution is -2.14. The Balaban J connectivity index is 2.33. The second-order valence-corrected chi connectivity index (χ2v) is 5.83. The third-order valence-electron chi connectivity index (χ3n) is 2.58. The molecule has 0 saturated heterocycles. The van der Waals surface area contributed by atoms with Crippen molar-refractivity contribution >= 4 is 21.4 Å². The van der Waals surface area contributed by atoms with E-state index < -0.39 is 15.8 Å². The average molecular weight is 280 g/mol. The van der Waals surface area contributed by atoms with Crippen molar-refractivity contribution in [3.05, 3.63) is 53.8 Å². The summed E-state index contributed by atoms with van der Waals surface area (Å²) in [6.45, 7) is 1.86. The number of rotatable bonds is 3. The van der Waals surface area contributed by atoms with Gasteiger partial charge in [0.2, 0.25) is 0 Å². The number of nitrogens with one attached hydrogen (secondary N) is 1. The van der Waals surface area contributed by atoms with E-state index in [4.69, 9.17) is 5.73 Å². The van der Waals surface area contributed by atoms with Gasteiger partial charge in [-0.05, 0) is 48.9 Å². The van der Waals surface area contributed by atoms with Crippen LogP contribution in [0.4, 0.5) is 15.8 Å². The minimum absolute atomic E-state index is 0.0196. The van der Waals surface area contributed by atoms with Crippen molar-refractivity contribution in [3.63, 3.8) is 0 Å². The standard InChI is InChI=1S/C13H13FN2O2S/c1-9-2-7-13(12(15)8-9)16-19(17,18)11-5-3-10(14)4-6-11/h2-8,16H,15H2,1H3. The molecule has 0 aromatic heterocycles. The predicted octanol–water partition coefficient (Wildman–Crippen LogP) is 2.52. The molecule has 0 radical (unpaired) electrons. The van der Waals surface area contributed by atoms with Crippen LogP contribution in [0.25, 0.3) is 0 Å². The molecule has 0 fully saturated rings. The normalized spacial score (nSPS) is 11.3. The highest BCUT2D eigenvalue weighted by Crippen LogP contribution is 2.23. The van der Waals surface area contributed by atoms with Gasteiger partial charge >= 0.3 is 0 Å². The van der Waals surface area contributed by atoms with E-state index in [1.54, 1.807) is 18.2 Å². The Bertz CT molecular complexity index is 697. The number of anilines is 2. The van der Waals surface area contributed by atoms with E-state index in [1.807, 2.05) is 6.92 Å². The summed E-state index contributed by atoms with van der Waals surface area (Å²) in [4.78, 5) is -0.0196. The quantitative estimate of drug-likeness (QED) is 0.848. The molecule has 19 heavy (non-hydrogen) atoms. The van der Waals surface area contributed by atoms with E-state index in [9.17, 15) is 12.8 Å². The van der Waals surface area contributed by atoms with Crippen LogP contribution >= 0.6 is 0 Å². The molecule has 0 aliphatic rings. The first kappa shape index (κ1) is 13.4. The fourth-order valence-electron chi connectivity index (χ4n) is 1.59. The highest BCUT2D eigenvalue weighted by molar-refractivity contribution is 7.92. The molecule has 0 heterocycles. The molecule has 3 N–H and O–H groups in total. The molecule has 0 aliphatic carbocycles. The van der Waals surface area contributed by atoms with Gasteiger partial charge in [0, 0.05) is 0 Å². The van der Waals surface area contributed by atoms with Crippen molar-refractivity contribution in [2.45, 2.75) is 11.8 Å². The Morgan fingerprint density at radius 2 is 1.74 bits per heavy atom. The molecule has 6 heteroatoms. The van der Waals surface area contributed by atoms with Gasteiger partial charge in [-0.25, -0.2) is 12.8 Å². The largest absolute Gasteiger partial charge is 0.397 e. The summed E-state index contributed by atoms with van der Waals surface area (Å²) in [5, 5.41) is 0. The smallest absolute Gasteiger partial charge is 0.261 e. The number of sulfonamides is 1. The van der Waals surface area contributed by atoms with Crippen LogP contribution < -0.4 is 10.5 Å². The van der Waals surface area contributed by atoms with Crippen molar-refractivity contribution in [2.75, 3.05) is 10.5 Å². The van der Waals surface area contributed by atoms with Crippen molar-refractivity contribution in [1.82, 2.24) is 0 Å². The minimum Gasteiger partial charge on any atom is -0.397 e. The Kier molecular flexibility index (Phi) is 3.44. The number of nitrogen functional groups attached to an aromatic ring is 1. The van der Waals surface area contributed by atoms with E-state index in [-0.39, 0.29) is 4.90 Å². The van der Waals surface area contributed by atoms with Crippen LogP contribution in [0.1, 0.15) is 5.56 Å². The molecule has 0 unspecified atom stereocenters. The van der Waals surface area contributed by atoms with Gasteiger partial charge in [0.05, 0.1) is 16.3 Å².